The highest BCUT2D eigenvalue weighted by atomic mass is 16.5. The molecule has 0 aliphatic carbocycles. The maximum Gasteiger partial charge on any atom is 0.305 e. The van der Waals surface area contributed by atoms with Crippen molar-refractivity contribution in [2.45, 2.75) is 66.2 Å². The number of hydrogen-bond acceptors (Lipinski definition) is 3. The van der Waals surface area contributed by atoms with E-state index >= 15 is 0 Å². The van der Waals surface area contributed by atoms with Gasteiger partial charge < -0.3 is 9.47 Å². The molecule has 0 bridgehead atoms. The normalized spacial score (nSPS) is 9.41. The fourth-order valence-corrected chi connectivity index (χ4v) is 1.31. The summed E-state index contributed by atoms with van der Waals surface area (Å²) in [5.74, 6) is -0.0472. The summed E-state index contributed by atoms with van der Waals surface area (Å²) < 4.78 is 9.64. The average molecular weight is 246 g/mol. The molecule has 17 heavy (non-hydrogen) atoms. The van der Waals surface area contributed by atoms with Crippen molar-refractivity contribution in [2.75, 3.05) is 19.8 Å². The lowest BCUT2D eigenvalue weighted by atomic mass is 10.1. The van der Waals surface area contributed by atoms with Crippen LogP contribution in [-0.4, -0.2) is 25.8 Å². The predicted molar refractivity (Wildman–Crippen MR) is 72.2 cm³/mol. The molecular weight excluding hydrogens is 216 g/mol. The molecule has 0 spiro atoms. The van der Waals surface area contributed by atoms with Crippen LogP contribution in [0.5, 0.6) is 0 Å². The maximum atomic E-state index is 10.9. The van der Waals surface area contributed by atoms with Crippen molar-refractivity contribution >= 4 is 5.97 Å². The first-order valence-corrected chi connectivity index (χ1v) is 6.96. The van der Waals surface area contributed by atoms with Crippen molar-refractivity contribution in [3.63, 3.8) is 0 Å². The van der Waals surface area contributed by atoms with Crippen molar-refractivity contribution in [1.82, 2.24) is 0 Å². The molecule has 0 rings (SSSR count). The van der Waals surface area contributed by atoms with Crippen LogP contribution in [0.2, 0.25) is 0 Å². The van der Waals surface area contributed by atoms with Crippen LogP contribution in [0, 0.1) is 0 Å². The van der Waals surface area contributed by atoms with Crippen LogP contribution < -0.4 is 0 Å². The van der Waals surface area contributed by atoms with Crippen molar-refractivity contribution in [3.8, 4) is 0 Å². The average Bonchev–Trinajstić information content (AvgIpc) is 2.31. The van der Waals surface area contributed by atoms with E-state index in [1.807, 2.05) is 20.8 Å². The van der Waals surface area contributed by atoms with Gasteiger partial charge in [-0.1, -0.05) is 32.6 Å². The SMILES string of the molecule is CCCCCCCC(=O)OCC.CCOCC. The summed E-state index contributed by atoms with van der Waals surface area (Å²) in [5.41, 5.74) is 0. The van der Waals surface area contributed by atoms with E-state index in [2.05, 4.69) is 6.92 Å². The van der Waals surface area contributed by atoms with Gasteiger partial charge in [0.1, 0.15) is 0 Å². The Kier molecular flexibility index (Phi) is 19.7. The van der Waals surface area contributed by atoms with E-state index in [4.69, 9.17) is 9.47 Å². The summed E-state index contributed by atoms with van der Waals surface area (Å²) >= 11 is 0. The van der Waals surface area contributed by atoms with Gasteiger partial charge >= 0.3 is 5.97 Å². The Morgan fingerprint density at radius 3 is 1.82 bits per heavy atom. The quantitative estimate of drug-likeness (QED) is 0.456. The molecule has 0 aromatic carbocycles. The highest BCUT2D eigenvalue weighted by molar-refractivity contribution is 5.69. The zero-order valence-electron chi connectivity index (χ0n) is 12.1. The Labute approximate surface area is 107 Å². The minimum Gasteiger partial charge on any atom is -0.466 e. The first-order chi connectivity index (χ1) is 8.22. The highest BCUT2D eigenvalue weighted by Gasteiger charge is 1.99. The molecule has 0 aliphatic rings. The van der Waals surface area contributed by atoms with Gasteiger partial charge in [-0.3, -0.25) is 4.79 Å². The lowest BCUT2D eigenvalue weighted by Gasteiger charge is -2.00. The van der Waals surface area contributed by atoms with Gasteiger partial charge in [-0.05, 0) is 27.2 Å². The fourth-order valence-electron chi connectivity index (χ4n) is 1.31. The third kappa shape index (κ3) is 21.3. The second kappa shape index (κ2) is 17.8. The minimum absolute atomic E-state index is 0.0472. The molecule has 0 aliphatic heterocycles. The molecule has 0 saturated heterocycles. The van der Waals surface area contributed by atoms with Gasteiger partial charge in [0.05, 0.1) is 6.61 Å². The van der Waals surface area contributed by atoms with Gasteiger partial charge in [0.25, 0.3) is 0 Å². The van der Waals surface area contributed by atoms with Crippen LogP contribution in [0.4, 0.5) is 0 Å². The molecule has 0 atom stereocenters. The number of esters is 1. The van der Waals surface area contributed by atoms with E-state index in [0.29, 0.717) is 13.0 Å². The van der Waals surface area contributed by atoms with Crippen LogP contribution in [0.1, 0.15) is 66.2 Å². The standard InChI is InChI=1S/C10H20O2.C4H10O/c1-3-5-6-7-8-9-10(11)12-4-2;1-3-5-4-2/h3-9H2,1-2H3;3-4H2,1-2H3. The number of rotatable bonds is 9. The van der Waals surface area contributed by atoms with Crippen molar-refractivity contribution < 1.29 is 14.3 Å². The number of unbranched alkanes of at least 4 members (excludes halogenated alkanes) is 4. The maximum absolute atomic E-state index is 10.9. The zero-order valence-corrected chi connectivity index (χ0v) is 12.1. The van der Waals surface area contributed by atoms with Crippen LogP contribution >= 0.6 is 0 Å². The number of carbonyl (C=O) groups excluding carboxylic acids is 1. The summed E-state index contributed by atoms with van der Waals surface area (Å²) in [6, 6.07) is 0. The van der Waals surface area contributed by atoms with E-state index in [0.717, 1.165) is 26.1 Å². The fraction of sp³-hybridized carbons (Fsp3) is 0.929. The van der Waals surface area contributed by atoms with E-state index in [9.17, 15) is 4.79 Å². The molecule has 0 saturated carbocycles. The Bertz CT molecular complexity index is 144. The van der Waals surface area contributed by atoms with Gasteiger partial charge in [-0.2, -0.15) is 0 Å². The first-order valence-electron chi connectivity index (χ1n) is 6.96. The van der Waals surface area contributed by atoms with Crippen molar-refractivity contribution in [2.24, 2.45) is 0 Å². The first kappa shape index (κ1) is 18.8. The summed E-state index contributed by atoms with van der Waals surface area (Å²) in [7, 11) is 0. The third-order valence-corrected chi connectivity index (χ3v) is 2.20. The Hall–Kier alpha value is -0.570. The van der Waals surface area contributed by atoms with Gasteiger partial charge in [-0.15, -0.1) is 0 Å². The molecule has 104 valence electrons. The molecule has 3 heteroatoms. The van der Waals surface area contributed by atoms with E-state index in [1.165, 1.54) is 19.3 Å². The predicted octanol–water partition coefficient (Wildman–Crippen LogP) is 3.95. The van der Waals surface area contributed by atoms with Crippen LogP contribution in [0.15, 0.2) is 0 Å². The molecule has 0 N–H and O–H groups in total. The lowest BCUT2D eigenvalue weighted by molar-refractivity contribution is -0.143. The second-order valence-corrected chi connectivity index (χ2v) is 3.75. The highest BCUT2D eigenvalue weighted by Crippen LogP contribution is 2.05. The number of hydrogen-bond donors (Lipinski definition) is 0. The smallest absolute Gasteiger partial charge is 0.305 e. The third-order valence-electron chi connectivity index (χ3n) is 2.20. The molecule has 0 fully saturated rings. The summed E-state index contributed by atoms with van der Waals surface area (Å²) in [6.07, 6.45) is 6.52. The minimum atomic E-state index is -0.0472. The largest absolute Gasteiger partial charge is 0.466 e. The number of carbonyl (C=O) groups is 1. The molecule has 0 unspecified atom stereocenters. The number of ether oxygens (including phenoxy) is 2. The molecule has 3 nitrogen and oxygen atoms in total. The molecule has 0 aromatic heterocycles. The Morgan fingerprint density at radius 2 is 1.41 bits per heavy atom. The van der Waals surface area contributed by atoms with Crippen molar-refractivity contribution in [1.29, 1.82) is 0 Å². The van der Waals surface area contributed by atoms with Crippen LogP contribution in [0.25, 0.3) is 0 Å². The van der Waals surface area contributed by atoms with Gasteiger partial charge in [0, 0.05) is 19.6 Å². The van der Waals surface area contributed by atoms with Crippen molar-refractivity contribution in [3.05, 3.63) is 0 Å². The van der Waals surface area contributed by atoms with Gasteiger partial charge in [-0.25, -0.2) is 0 Å². The Balaban J connectivity index is 0. The topological polar surface area (TPSA) is 35.5 Å². The summed E-state index contributed by atoms with van der Waals surface area (Å²) in [6.45, 7) is 10.2. The van der Waals surface area contributed by atoms with Gasteiger partial charge in [0.15, 0.2) is 0 Å². The van der Waals surface area contributed by atoms with E-state index in [1.54, 1.807) is 0 Å². The van der Waals surface area contributed by atoms with E-state index < -0.39 is 0 Å². The monoisotopic (exact) mass is 246 g/mol. The summed E-state index contributed by atoms with van der Waals surface area (Å²) in [5, 5.41) is 0. The molecule has 0 amide bonds. The van der Waals surface area contributed by atoms with Gasteiger partial charge in [0.2, 0.25) is 0 Å². The second-order valence-electron chi connectivity index (χ2n) is 3.75. The molecular formula is C14H30O3. The van der Waals surface area contributed by atoms with Crippen LogP contribution in [-0.2, 0) is 14.3 Å². The lowest BCUT2D eigenvalue weighted by Crippen LogP contribution is -2.02. The van der Waals surface area contributed by atoms with E-state index in [-0.39, 0.29) is 5.97 Å². The zero-order chi connectivity index (χ0) is 13.4. The Morgan fingerprint density at radius 1 is 0.824 bits per heavy atom. The molecule has 0 radical (unpaired) electrons. The van der Waals surface area contributed by atoms with Crippen LogP contribution in [0.3, 0.4) is 0 Å². The summed E-state index contributed by atoms with van der Waals surface area (Å²) in [4.78, 5) is 10.9. The molecule has 0 heterocycles. The molecule has 0 aromatic rings.